The van der Waals surface area contributed by atoms with E-state index in [-0.39, 0.29) is 0 Å². The van der Waals surface area contributed by atoms with E-state index in [2.05, 4.69) is 33.0 Å². The Labute approximate surface area is 108 Å². The van der Waals surface area contributed by atoms with Crippen molar-refractivity contribution in [3.05, 3.63) is 36.2 Å². The molecule has 0 atom stereocenters. The molecule has 0 radical (unpaired) electrons. The molecule has 2 aromatic rings. The third kappa shape index (κ3) is 3.20. The standard InChI is InChI=1S/C13H21N5/c1-3-9-18-10-8-15-13(18)11-14-6-4-12-5-7-16-17(12)2/h5,7-8,10,14H,3-4,6,9,11H2,1-2H3. The molecule has 0 saturated carbocycles. The Balaban J connectivity index is 1.75. The maximum absolute atomic E-state index is 4.37. The number of nitrogens with one attached hydrogen (secondary N) is 1. The molecule has 2 rings (SSSR count). The summed E-state index contributed by atoms with van der Waals surface area (Å²) in [5.74, 6) is 1.11. The molecule has 0 unspecified atom stereocenters. The lowest BCUT2D eigenvalue weighted by molar-refractivity contribution is 0.581. The molecule has 5 nitrogen and oxygen atoms in total. The highest BCUT2D eigenvalue weighted by Gasteiger charge is 2.02. The van der Waals surface area contributed by atoms with Crippen molar-refractivity contribution in [3.8, 4) is 0 Å². The fourth-order valence-corrected chi connectivity index (χ4v) is 2.01. The molecule has 1 N–H and O–H groups in total. The predicted molar refractivity (Wildman–Crippen MR) is 71.1 cm³/mol. The molecule has 0 bridgehead atoms. The normalized spacial score (nSPS) is 11.0. The quantitative estimate of drug-likeness (QED) is 0.752. The van der Waals surface area contributed by atoms with E-state index >= 15 is 0 Å². The highest BCUT2D eigenvalue weighted by molar-refractivity contribution is 5.00. The van der Waals surface area contributed by atoms with E-state index in [0.717, 1.165) is 38.3 Å². The number of aromatic nitrogens is 4. The van der Waals surface area contributed by atoms with Crippen LogP contribution >= 0.6 is 0 Å². The van der Waals surface area contributed by atoms with Crippen LogP contribution in [0.5, 0.6) is 0 Å². The van der Waals surface area contributed by atoms with Gasteiger partial charge >= 0.3 is 0 Å². The molecule has 2 aromatic heterocycles. The molecular formula is C13H21N5. The lowest BCUT2D eigenvalue weighted by Gasteiger charge is -2.07. The third-order valence-electron chi connectivity index (χ3n) is 3.03. The van der Waals surface area contributed by atoms with Gasteiger partial charge in [0.1, 0.15) is 5.82 Å². The van der Waals surface area contributed by atoms with Crippen LogP contribution in [-0.4, -0.2) is 25.9 Å². The zero-order chi connectivity index (χ0) is 12.8. The number of hydrogen-bond acceptors (Lipinski definition) is 3. The summed E-state index contributed by atoms with van der Waals surface area (Å²) in [5.41, 5.74) is 1.25. The van der Waals surface area contributed by atoms with E-state index in [1.807, 2.05) is 30.3 Å². The molecule has 18 heavy (non-hydrogen) atoms. The van der Waals surface area contributed by atoms with Crippen molar-refractivity contribution < 1.29 is 0 Å². The molecule has 0 aliphatic rings. The van der Waals surface area contributed by atoms with Gasteiger partial charge in [0, 0.05) is 50.8 Å². The van der Waals surface area contributed by atoms with Crippen LogP contribution in [0.15, 0.2) is 24.7 Å². The first-order chi connectivity index (χ1) is 8.81. The summed E-state index contributed by atoms with van der Waals surface area (Å²) < 4.78 is 4.12. The summed E-state index contributed by atoms with van der Waals surface area (Å²) in [5, 5.41) is 7.58. The largest absolute Gasteiger partial charge is 0.334 e. The molecule has 0 spiro atoms. The molecule has 5 heteroatoms. The minimum Gasteiger partial charge on any atom is -0.334 e. The van der Waals surface area contributed by atoms with Crippen molar-refractivity contribution >= 4 is 0 Å². The fourth-order valence-electron chi connectivity index (χ4n) is 2.01. The second-order valence-electron chi connectivity index (χ2n) is 4.41. The third-order valence-corrected chi connectivity index (χ3v) is 3.03. The maximum atomic E-state index is 4.37. The number of imidazole rings is 1. The molecule has 98 valence electrons. The molecule has 0 amide bonds. The Bertz CT molecular complexity index is 471. The number of hydrogen-bond donors (Lipinski definition) is 1. The summed E-state index contributed by atoms with van der Waals surface area (Å²) in [7, 11) is 1.98. The van der Waals surface area contributed by atoms with Gasteiger partial charge in [0.25, 0.3) is 0 Å². The van der Waals surface area contributed by atoms with Crippen molar-refractivity contribution in [1.29, 1.82) is 0 Å². The first kappa shape index (κ1) is 12.8. The average Bonchev–Trinajstić information content (AvgIpc) is 2.95. The molecule has 0 aromatic carbocycles. The van der Waals surface area contributed by atoms with Gasteiger partial charge in [0.05, 0.1) is 6.54 Å². The van der Waals surface area contributed by atoms with Gasteiger partial charge in [0.15, 0.2) is 0 Å². The van der Waals surface area contributed by atoms with Crippen molar-refractivity contribution in [2.45, 2.75) is 32.9 Å². The van der Waals surface area contributed by atoms with Gasteiger partial charge in [-0.05, 0) is 12.5 Å². The Morgan fingerprint density at radius 3 is 2.94 bits per heavy atom. The first-order valence-corrected chi connectivity index (χ1v) is 6.49. The highest BCUT2D eigenvalue weighted by Crippen LogP contribution is 2.00. The van der Waals surface area contributed by atoms with Gasteiger partial charge < -0.3 is 9.88 Å². The fraction of sp³-hybridized carbons (Fsp3) is 0.538. The Hall–Kier alpha value is -1.62. The zero-order valence-corrected chi connectivity index (χ0v) is 11.1. The number of nitrogens with zero attached hydrogens (tertiary/aromatic N) is 4. The monoisotopic (exact) mass is 247 g/mol. The van der Waals surface area contributed by atoms with Crippen molar-refractivity contribution in [3.63, 3.8) is 0 Å². The molecule has 0 saturated heterocycles. The number of rotatable bonds is 7. The Morgan fingerprint density at radius 1 is 1.33 bits per heavy atom. The summed E-state index contributed by atoms with van der Waals surface area (Å²) >= 11 is 0. The molecular weight excluding hydrogens is 226 g/mol. The van der Waals surface area contributed by atoms with Gasteiger partial charge in [-0.15, -0.1) is 0 Å². The Morgan fingerprint density at radius 2 is 2.22 bits per heavy atom. The molecule has 0 aliphatic carbocycles. The van der Waals surface area contributed by atoms with Crippen molar-refractivity contribution in [2.75, 3.05) is 6.54 Å². The lowest BCUT2D eigenvalue weighted by Crippen LogP contribution is -2.20. The Kier molecular flexibility index (Phi) is 4.52. The zero-order valence-electron chi connectivity index (χ0n) is 11.1. The van der Waals surface area contributed by atoms with Crippen LogP contribution in [-0.2, 0) is 26.6 Å². The SMILES string of the molecule is CCCn1ccnc1CNCCc1ccnn1C. The summed E-state index contributed by atoms with van der Waals surface area (Å²) in [4.78, 5) is 4.37. The van der Waals surface area contributed by atoms with E-state index in [1.54, 1.807) is 0 Å². The van der Waals surface area contributed by atoms with E-state index in [9.17, 15) is 0 Å². The van der Waals surface area contributed by atoms with Crippen LogP contribution < -0.4 is 5.32 Å². The van der Waals surface area contributed by atoms with Gasteiger partial charge in [0.2, 0.25) is 0 Å². The molecule has 0 aliphatic heterocycles. The van der Waals surface area contributed by atoms with Crippen LogP contribution in [0.4, 0.5) is 0 Å². The van der Waals surface area contributed by atoms with Crippen LogP contribution in [0, 0.1) is 0 Å². The van der Waals surface area contributed by atoms with Crippen molar-refractivity contribution in [1.82, 2.24) is 24.6 Å². The van der Waals surface area contributed by atoms with Gasteiger partial charge in [-0.1, -0.05) is 6.92 Å². The van der Waals surface area contributed by atoms with Crippen LogP contribution in [0.25, 0.3) is 0 Å². The van der Waals surface area contributed by atoms with Crippen LogP contribution in [0.2, 0.25) is 0 Å². The summed E-state index contributed by atoms with van der Waals surface area (Å²) in [6.45, 7) is 4.99. The smallest absolute Gasteiger partial charge is 0.122 e. The van der Waals surface area contributed by atoms with Crippen molar-refractivity contribution in [2.24, 2.45) is 7.05 Å². The van der Waals surface area contributed by atoms with Crippen LogP contribution in [0.1, 0.15) is 24.9 Å². The van der Waals surface area contributed by atoms with Gasteiger partial charge in [-0.2, -0.15) is 5.10 Å². The minimum absolute atomic E-state index is 0.824. The predicted octanol–water partition coefficient (Wildman–Crippen LogP) is 1.36. The lowest BCUT2D eigenvalue weighted by atomic mass is 10.3. The average molecular weight is 247 g/mol. The summed E-state index contributed by atoms with van der Waals surface area (Å²) in [6.07, 6.45) is 7.88. The molecule has 2 heterocycles. The maximum Gasteiger partial charge on any atom is 0.122 e. The van der Waals surface area contributed by atoms with E-state index < -0.39 is 0 Å². The topological polar surface area (TPSA) is 47.7 Å². The van der Waals surface area contributed by atoms with E-state index in [1.165, 1.54) is 5.69 Å². The van der Waals surface area contributed by atoms with Gasteiger partial charge in [-0.3, -0.25) is 4.68 Å². The van der Waals surface area contributed by atoms with Crippen LogP contribution in [0.3, 0.4) is 0 Å². The van der Waals surface area contributed by atoms with E-state index in [4.69, 9.17) is 0 Å². The first-order valence-electron chi connectivity index (χ1n) is 6.49. The highest BCUT2D eigenvalue weighted by atomic mass is 15.3. The second kappa shape index (κ2) is 6.35. The molecule has 0 fully saturated rings. The number of aryl methyl sites for hydroxylation is 2. The second-order valence-corrected chi connectivity index (χ2v) is 4.41. The van der Waals surface area contributed by atoms with E-state index in [0.29, 0.717) is 0 Å². The minimum atomic E-state index is 0.824. The van der Waals surface area contributed by atoms with Gasteiger partial charge in [-0.25, -0.2) is 4.98 Å². The summed E-state index contributed by atoms with van der Waals surface area (Å²) in [6, 6.07) is 2.06.